The lowest BCUT2D eigenvalue weighted by atomic mass is 10.1. The predicted octanol–water partition coefficient (Wildman–Crippen LogP) is 2.81. The van der Waals surface area contributed by atoms with Crippen molar-refractivity contribution in [3.8, 4) is 5.75 Å². The quantitative estimate of drug-likeness (QED) is 0.638. The molecule has 2 N–H and O–H groups in total. The Labute approximate surface area is 153 Å². The van der Waals surface area contributed by atoms with Crippen molar-refractivity contribution in [1.29, 1.82) is 0 Å². The summed E-state index contributed by atoms with van der Waals surface area (Å²) in [5.74, 6) is 0.404. The van der Waals surface area contributed by atoms with Crippen molar-refractivity contribution in [2.45, 2.75) is 6.10 Å². The van der Waals surface area contributed by atoms with E-state index < -0.39 is 6.10 Å². The number of nitrogens with one attached hydrogen (secondary N) is 2. The number of amides is 1. The van der Waals surface area contributed by atoms with Gasteiger partial charge in [0.1, 0.15) is 5.75 Å². The highest BCUT2D eigenvalue weighted by Crippen LogP contribution is 2.23. The Bertz CT molecular complexity index is 635. The zero-order chi connectivity index (χ0) is 17.9. The van der Waals surface area contributed by atoms with Gasteiger partial charge in [-0.15, -0.1) is 0 Å². The molecule has 6 heteroatoms. The number of ether oxygens (including phenoxy) is 2. The fraction of sp³-hybridized carbons (Fsp3) is 0.316. The monoisotopic (exact) mass is 362 g/mol. The van der Waals surface area contributed by atoms with Gasteiger partial charge in [-0.3, -0.25) is 4.79 Å². The largest absolute Gasteiger partial charge is 0.476 e. The van der Waals surface area contributed by atoms with Crippen LogP contribution in [0.1, 0.15) is 11.7 Å². The van der Waals surface area contributed by atoms with Crippen LogP contribution in [0.4, 0.5) is 0 Å². The zero-order valence-electron chi connectivity index (χ0n) is 14.2. The second-order valence-electron chi connectivity index (χ2n) is 5.40. The van der Waals surface area contributed by atoms with E-state index in [2.05, 4.69) is 10.6 Å². The molecule has 0 aliphatic carbocycles. The van der Waals surface area contributed by atoms with E-state index in [0.29, 0.717) is 30.5 Å². The van der Waals surface area contributed by atoms with Crippen molar-refractivity contribution in [3.63, 3.8) is 0 Å². The molecule has 1 unspecified atom stereocenters. The predicted molar refractivity (Wildman–Crippen MR) is 99.0 cm³/mol. The molecule has 2 rings (SSSR count). The van der Waals surface area contributed by atoms with Gasteiger partial charge >= 0.3 is 0 Å². The molecule has 0 radical (unpaired) electrons. The minimum atomic E-state index is -0.721. The van der Waals surface area contributed by atoms with E-state index in [4.69, 9.17) is 21.1 Å². The number of hydrogen-bond donors (Lipinski definition) is 2. The van der Waals surface area contributed by atoms with Gasteiger partial charge in [0.25, 0.3) is 5.91 Å². The number of rotatable bonds is 10. The molecule has 1 atom stereocenters. The summed E-state index contributed by atoms with van der Waals surface area (Å²) >= 11 is 5.90. The maximum Gasteiger partial charge on any atom is 0.265 e. The first kappa shape index (κ1) is 19.2. The van der Waals surface area contributed by atoms with E-state index in [9.17, 15) is 4.79 Å². The molecule has 134 valence electrons. The first-order chi connectivity index (χ1) is 12.2. The van der Waals surface area contributed by atoms with E-state index >= 15 is 0 Å². The molecule has 25 heavy (non-hydrogen) atoms. The Hall–Kier alpha value is -2.08. The lowest BCUT2D eigenvalue weighted by Gasteiger charge is -2.19. The fourth-order valence-electron chi connectivity index (χ4n) is 2.22. The van der Waals surface area contributed by atoms with Crippen molar-refractivity contribution in [2.75, 3.05) is 33.4 Å². The summed E-state index contributed by atoms with van der Waals surface area (Å²) in [6.45, 7) is 2.56. The average molecular weight is 363 g/mol. The third-order valence-electron chi connectivity index (χ3n) is 3.49. The third-order valence-corrected chi connectivity index (χ3v) is 3.74. The van der Waals surface area contributed by atoms with Gasteiger partial charge in [0.15, 0.2) is 0 Å². The van der Waals surface area contributed by atoms with E-state index in [1.165, 1.54) is 0 Å². The summed E-state index contributed by atoms with van der Waals surface area (Å²) in [6.07, 6.45) is -0.721. The number of carbonyl (C=O) groups excluding carboxylic acids is 1. The summed E-state index contributed by atoms with van der Waals surface area (Å²) < 4.78 is 10.9. The highest BCUT2D eigenvalue weighted by Gasteiger charge is 2.22. The van der Waals surface area contributed by atoms with Gasteiger partial charge in [-0.2, -0.15) is 0 Å². The molecule has 0 saturated heterocycles. The van der Waals surface area contributed by atoms with Crippen molar-refractivity contribution in [3.05, 3.63) is 65.2 Å². The molecule has 2 aromatic rings. The maximum absolute atomic E-state index is 12.6. The van der Waals surface area contributed by atoms with Crippen LogP contribution >= 0.6 is 11.6 Å². The Morgan fingerprint density at radius 3 is 2.44 bits per heavy atom. The Balaban J connectivity index is 1.97. The Kier molecular flexibility index (Phi) is 8.25. The first-order valence-electron chi connectivity index (χ1n) is 8.15. The normalized spacial score (nSPS) is 11.8. The average Bonchev–Trinajstić information content (AvgIpc) is 2.64. The Morgan fingerprint density at radius 2 is 1.76 bits per heavy atom. The molecule has 0 bridgehead atoms. The lowest BCUT2D eigenvalue weighted by Crippen LogP contribution is -2.37. The summed E-state index contributed by atoms with van der Waals surface area (Å²) in [6, 6.07) is 16.4. The summed E-state index contributed by atoms with van der Waals surface area (Å²) in [5.41, 5.74) is 0.794. The molecule has 0 spiro atoms. The topological polar surface area (TPSA) is 59.6 Å². The highest BCUT2D eigenvalue weighted by molar-refractivity contribution is 6.30. The summed E-state index contributed by atoms with van der Waals surface area (Å²) in [4.78, 5) is 12.6. The van der Waals surface area contributed by atoms with Gasteiger partial charge in [-0.05, 0) is 24.3 Å². The second-order valence-corrected chi connectivity index (χ2v) is 5.83. The standard InChI is InChI=1S/C19H23ClN2O3/c1-24-14-13-21-11-12-22-19(23)18(15-5-3-2-4-6-15)25-17-9-7-16(20)8-10-17/h2-10,18,21H,11-14H2,1H3,(H,22,23). The second kappa shape index (κ2) is 10.7. The number of hydrogen-bond acceptors (Lipinski definition) is 4. The molecule has 1 amide bonds. The van der Waals surface area contributed by atoms with E-state index in [1.54, 1.807) is 31.4 Å². The Morgan fingerprint density at radius 1 is 1.04 bits per heavy atom. The van der Waals surface area contributed by atoms with Gasteiger partial charge < -0.3 is 20.1 Å². The summed E-state index contributed by atoms with van der Waals surface area (Å²) in [5, 5.41) is 6.70. The van der Waals surface area contributed by atoms with Crippen molar-refractivity contribution < 1.29 is 14.3 Å². The van der Waals surface area contributed by atoms with Crippen LogP contribution in [0.3, 0.4) is 0 Å². The van der Waals surface area contributed by atoms with Crippen molar-refractivity contribution in [2.24, 2.45) is 0 Å². The molecule has 0 aliphatic heterocycles. The van der Waals surface area contributed by atoms with E-state index in [-0.39, 0.29) is 5.91 Å². The van der Waals surface area contributed by atoms with Crippen LogP contribution in [0.5, 0.6) is 5.75 Å². The maximum atomic E-state index is 12.6. The van der Waals surface area contributed by atoms with Gasteiger partial charge in [-0.25, -0.2) is 0 Å². The number of halogens is 1. The number of benzene rings is 2. The van der Waals surface area contributed by atoms with Crippen LogP contribution in [0, 0.1) is 0 Å². The van der Waals surface area contributed by atoms with Gasteiger partial charge in [-0.1, -0.05) is 41.9 Å². The molecular weight excluding hydrogens is 340 g/mol. The van der Waals surface area contributed by atoms with Gasteiger partial charge in [0, 0.05) is 37.3 Å². The van der Waals surface area contributed by atoms with Crippen LogP contribution < -0.4 is 15.4 Å². The van der Waals surface area contributed by atoms with Crippen LogP contribution in [0.2, 0.25) is 5.02 Å². The minimum absolute atomic E-state index is 0.185. The van der Waals surface area contributed by atoms with Gasteiger partial charge in [0.2, 0.25) is 6.10 Å². The molecule has 5 nitrogen and oxygen atoms in total. The molecule has 0 saturated carbocycles. The molecule has 0 aromatic heterocycles. The van der Waals surface area contributed by atoms with Crippen molar-refractivity contribution >= 4 is 17.5 Å². The summed E-state index contributed by atoms with van der Waals surface area (Å²) in [7, 11) is 1.65. The molecule has 0 heterocycles. The molecule has 2 aromatic carbocycles. The third kappa shape index (κ3) is 6.74. The highest BCUT2D eigenvalue weighted by atomic mass is 35.5. The smallest absolute Gasteiger partial charge is 0.265 e. The van der Waals surface area contributed by atoms with Crippen LogP contribution in [0.25, 0.3) is 0 Å². The van der Waals surface area contributed by atoms with Crippen LogP contribution in [0.15, 0.2) is 54.6 Å². The van der Waals surface area contributed by atoms with Crippen LogP contribution in [-0.2, 0) is 9.53 Å². The lowest BCUT2D eigenvalue weighted by molar-refractivity contribution is -0.128. The molecule has 0 aliphatic rings. The van der Waals surface area contributed by atoms with Gasteiger partial charge in [0.05, 0.1) is 6.61 Å². The fourth-order valence-corrected chi connectivity index (χ4v) is 2.34. The molecule has 0 fully saturated rings. The molecular formula is C19H23ClN2O3. The van der Waals surface area contributed by atoms with Crippen molar-refractivity contribution in [1.82, 2.24) is 10.6 Å². The van der Waals surface area contributed by atoms with E-state index in [0.717, 1.165) is 12.1 Å². The minimum Gasteiger partial charge on any atom is -0.476 e. The SMILES string of the molecule is COCCNCCNC(=O)C(Oc1ccc(Cl)cc1)c1ccccc1. The number of methoxy groups -OCH3 is 1. The zero-order valence-corrected chi connectivity index (χ0v) is 15.0. The first-order valence-corrected chi connectivity index (χ1v) is 8.53. The van der Waals surface area contributed by atoms with Crippen LogP contribution in [-0.4, -0.2) is 39.3 Å². The number of carbonyl (C=O) groups is 1. The van der Waals surface area contributed by atoms with E-state index in [1.807, 2.05) is 30.3 Å².